The average molecular weight is 233 g/mol. The first-order valence-corrected chi connectivity index (χ1v) is 7.40. The van der Waals surface area contributed by atoms with E-state index >= 15 is 0 Å². The van der Waals surface area contributed by atoms with Crippen LogP contribution >= 0.6 is 11.8 Å². The number of hydrogen-bond donors (Lipinski definition) is 1. The Morgan fingerprint density at radius 1 is 1.25 bits per heavy atom. The van der Waals surface area contributed by atoms with Gasteiger partial charge in [0.15, 0.2) is 0 Å². The molecule has 0 saturated carbocycles. The maximum Gasteiger partial charge on any atom is 0.0173 e. The normalized spacial score (nSPS) is 33.6. The van der Waals surface area contributed by atoms with E-state index in [2.05, 4.69) is 47.4 Å². The predicted octanol–water partition coefficient (Wildman–Crippen LogP) is 2.71. The van der Waals surface area contributed by atoms with Gasteiger partial charge in [-0.2, -0.15) is 11.8 Å². The average Bonchev–Trinajstić information content (AvgIpc) is 2.93. The van der Waals surface area contributed by atoms with E-state index in [0.29, 0.717) is 11.5 Å². The fourth-order valence-electron chi connectivity index (χ4n) is 3.12. The third kappa shape index (κ3) is 1.89. The molecular weight excluding hydrogens is 214 g/mol. The number of benzene rings is 1. The van der Waals surface area contributed by atoms with Crippen LogP contribution < -0.4 is 5.32 Å². The molecule has 0 aromatic heterocycles. The minimum atomic E-state index is 0.612. The van der Waals surface area contributed by atoms with Crippen LogP contribution in [0.1, 0.15) is 18.4 Å². The van der Waals surface area contributed by atoms with E-state index in [4.69, 9.17) is 0 Å². The zero-order valence-corrected chi connectivity index (χ0v) is 10.4. The molecule has 0 bridgehead atoms. The second-order valence-electron chi connectivity index (χ2n) is 5.11. The van der Waals surface area contributed by atoms with Crippen LogP contribution in [0.4, 0.5) is 0 Å². The Hall–Kier alpha value is -0.470. The van der Waals surface area contributed by atoms with E-state index in [0.717, 1.165) is 0 Å². The lowest BCUT2D eigenvalue weighted by Crippen LogP contribution is -2.38. The zero-order valence-electron chi connectivity index (χ0n) is 9.61. The van der Waals surface area contributed by atoms with Crippen molar-refractivity contribution in [2.45, 2.75) is 25.3 Å². The third-order valence-corrected chi connectivity index (χ3v) is 5.44. The summed E-state index contributed by atoms with van der Waals surface area (Å²) in [6.45, 7) is 1.22. The number of thioether (sulfide) groups is 1. The molecule has 2 aliphatic rings. The largest absolute Gasteiger partial charge is 0.313 e. The Labute approximate surface area is 102 Å². The van der Waals surface area contributed by atoms with Gasteiger partial charge in [0, 0.05) is 11.8 Å². The number of hydrogen-bond acceptors (Lipinski definition) is 2. The van der Waals surface area contributed by atoms with Gasteiger partial charge in [0.25, 0.3) is 0 Å². The first-order chi connectivity index (χ1) is 7.89. The minimum absolute atomic E-state index is 0.612. The van der Waals surface area contributed by atoms with Gasteiger partial charge in [-0.1, -0.05) is 30.3 Å². The van der Waals surface area contributed by atoms with E-state index in [-0.39, 0.29) is 0 Å². The molecule has 1 N–H and O–H groups in total. The SMILES string of the molecule is c1ccc(CC2NCCC23CCSC3)cc1. The molecule has 0 amide bonds. The summed E-state index contributed by atoms with van der Waals surface area (Å²) in [6, 6.07) is 11.6. The first-order valence-electron chi connectivity index (χ1n) is 6.24. The zero-order chi connectivity index (χ0) is 10.8. The van der Waals surface area contributed by atoms with Gasteiger partial charge in [-0.25, -0.2) is 0 Å². The number of nitrogens with one attached hydrogen (secondary N) is 1. The second kappa shape index (κ2) is 4.42. The summed E-state index contributed by atoms with van der Waals surface area (Å²) in [5, 5.41) is 3.72. The summed E-state index contributed by atoms with van der Waals surface area (Å²) in [6.07, 6.45) is 4.01. The Morgan fingerprint density at radius 2 is 2.12 bits per heavy atom. The Kier molecular flexibility index (Phi) is 2.95. The molecule has 2 atom stereocenters. The smallest absolute Gasteiger partial charge is 0.0173 e. The molecule has 1 spiro atoms. The minimum Gasteiger partial charge on any atom is -0.313 e. The molecule has 1 nitrogen and oxygen atoms in total. The van der Waals surface area contributed by atoms with Crippen LogP contribution in [0.15, 0.2) is 30.3 Å². The highest BCUT2D eigenvalue weighted by molar-refractivity contribution is 7.99. The Morgan fingerprint density at radius 3 is 2.88 bits per heavy atom. The third-order valence-electron chi connectivity index (χ3n) is 4.17. The van der Waals surface area contributed by atoms with Crippen molar-refractivity contribution in [3.8, 4) is 0 Å². The van der Waals surface area contributed by atoms with Crippen LogP contribution in [0.2, 0.25) is 0 Å². The van der Waals surface area contributed by atoms with Gasteiger partial charge in [0.2, 0.25) is 0 Å². The van der Waals surface area contributed by atoms with Crippen molar-refractivity contribution in [3.05, 3.63) is 35.9 Å². The highest BCUT2D eigenvalue weighted by Gasteiger charge is 2.44. The summed E-state index contributed by atoms with van der Waals surface area (Å²) >= 11 is 2.14. The fraction of sp³-hybridized carbons (Fsp3) is 0.571. The molecule has 2 heterocycles. The van der Waals surface area contributed by atoms with Crippen molar-refractivity contribution in [1.82, 2.24) is 5.32 Å². The van der Waals surface area contributed by atoms with Crippen molar-refractivity contribution < 1.29 is 0 Å². The van der Waals surface area contributed by atoms with Gasteiger partial charge in [0.1, 0.15) is 0 Å². The summed E-state index contributed by atoms with van der Waals surface area (Å²) in [5.74, 6) is 2.74. The fourth-order valence-corrected chi connectivity index (χ4v) is 4.71. The van der Waals surface area contributed by atoms with Gasteiger partial charge >= 0.3 is 0 Å². The highest BCUT2D eigenvalue weighted by Crippen LogP contribution is 2.45. The molecule has 0 aliphatic carbocycles. The van der Waals surface area contributed by atoms with E-state index in [1.807, 2.05) is 0 Å². The molecule has 0 radical (unpaired) electrons. The highest BCUT2D eigenvalue weighted by atomic mass is 32.2. The standard InChI is InChI=1S/C14H19NS/c1-2-4-12(5-3-1)10-13-14(6-8-15-13)7-9-16-11-14/h1-5,13,15H,6-11H2. The quantitative estimate of drug-likeness (QED) is 0.843. The molecule has 2 saturated heterocycles. The summed E-state index contributed by atoms with van der Waals surface area (Å²) in [4.78, 5) is 0. The molecule has 86 valence electrons. The molecule has 2 heteroatoms. The maximum absolute atomic E-state index is 3.72. The second-order valence-corrected chi connectivity index (χ2v) is 6.22. The number of rotatable bonds is 2. The topological polar surface area (TPSA) is 12.0 Å². The van der Waals surface area contributed by atoms with Gasteiger partial charge in [-0.15, -0.1) is 0 Å². The maximum atomic E-state index is 3.72. The molecular formula is C14H19NS. The Bertz CT molecular complexity index is 338. The van der Waals surface area contributed by atoms with Gasteiger partial charge in [-0.05, 0) is 42.5 Å². The molecule has 2 unspecified atom stereocenters. The summed E-state index contributed by atoms with van der Waals surface area (Å²) < 4.78 is 0. The summed E-state index contributed by atoms with van der Waals surface area (Å²) in [7, 11) is 0. The lowest BCUT2D eigenvalue weighted by Gasteiger charge is -2.30. The van der Waals surface area contributed by atoms with Gasteiger partial charge < -0.3 is 5.32 Å². The molecule has 16 heavy (non-hydrogen) atoms. The van der Waals surface area contributed by atoms with Crippen LogP contribution in [0.25, 0.3) is 0 Å². The first kappa shape index (κ1) is 10.7. The van der Waals surface area contributed by atoms with E-state index < -0.39 is 0 Å². The molecule has 1 aromatic carbocycles. The van der Waals surface area contributed by atoms with Crippen LogP contribution in [0.3, 0.4) is 0 Å². The predicted molar refractivity (Wildman–Crippen MR) is 70.9 cm³/mol. The monoisotopic (exact) mass is 233 g/mol. The Balaban J connectivity index is 1.75. The summed E-state index contributed by atoms with van der Waals surface area (Å²) in [5.41, 5.74) is 2.10. The van der Waals surface area contributed by atoms with E-state index in [1.165, 1.54) is 42.9 Å². The molecule has 3 rings (SSSR count). The van der Waals surface area contributed by atoms with Crippen LogP contribution in [0, 0.1) is 5.41 Å². The lowest BCUT2D eigenvalue weighted by molar-refractivity contribution is 0.288. The van der Waals surface area contributed by atoms with Crippen LogP contribution in [-0.2, 0) is 6.42 Å². The lowest BCUT2D eigenvalue weighted by atomic mass is 9.78. The van der Waals surface area contributed by atoms with Gasteiger partial charge in [0.05, 0.1) is 0 Å². The van der Waals surface area contributed by atoms with Crippen LogP contribution in [0.5, 0.6) is 0 Å². The molecule has 2 fully saturated rings. The van der Waals surface area contributed by atoms with Crippen molar-refractivity contribution in [2.24, 2.45) is 5.41 Å². The van der Waals surface area contributed by atoms with Crippen LogP contribution in [-0.4, -0.2) is 24.1 Å². The molecule has 2 aliphatic heterocycles. The van der Waals surface area contributed by atoms with Crippen molar-refractivity contribution in [3.63, 3.8) is 0 Å². The van der Waals surface area contributed by atoms with Gasteiger partial charge in [-0.3, -0.25) is 0 Å². The van der Waals surface area contributed by atoms with E-state index in [1.54, 1.807) is 0 Å². The van der Waals surface area contributed by atoms with Crippen molar-refractivity contribution in [2.75, 3.05) is 18.1 Å². The van der Waals surface area contributed by atoms with Crippen molar-refractivity contribution >= 4 is 11.8 Å². The van der Waals surface area contributed by atoms with Crippen molar-refractivity contribution in [1.29, 1.82) is 0 Å². The van der Waals surface area contributed by atoms with E-state index in [9.17, 15) is 0 Å². The molecule has 1 aromatic rings.